The summed E-state index contributed by atoms with van der Waals surface area (Å²) in [5.74, 6) is 0.567. The number of likely N-dealkylation sites (N-methyl/N-ethyl adjacent to an activating group) is 1. The molecule has 1 aliphatic rings. The average Bonchev–Trinajstić information content (AvgIpc) is 3.35. The molecular weight excluding hydrogens is 412 g/mol. The van der Waals surface area contributed by atoms with Crippen LogP contribution in [0, 0.1) is 18.3 Å². The van der Waals surface area contributed by atoms with Crippen LogP contribution >= 0.6 is 0 Å². The summed E-state index contributed by atoms with van der Waals surface area (Å²) >= 11 is 0. The van der Waals surface area contributed by atoms with Crippen molar-refractivity contribution in [2.24, 2.45) is 0 Å². The second kappa shape index (κ2) is 8.57. The Hall–Kier alpha value is -3.89. The molecule has 7 heteroatoms. The van der Waals surface area contributed by atoms with Crippen molar-refractivity contribution in [3.8, 4) is 40.0 Å². The average molecular weight is 437 g/mol. The van der Waals surface area contributed by atoms with Crippen LogP contribution in [0.1, 0.15) is 24.2 Å². The molecule has 0 radical (unpaired) electrons. The molecule has 1 atom stereocenters. The van der Waals surface area contributed by atoms with Gasteiger partial charge in [0.15, 0.2) is 5.76 Å². The fourth-order valence-corrected chi connectivity index (χ4v) is 4.43. The Morgan fingerprint density at radius 2 is 1.91 bits per heavy atom. The lowest BCUT2D eigenvalue weighted by atomic mass is 9.78. The maximum absolute atomic E-state index is 10.0. The number of rotatable bonds is 4. The van der Waals surface area contributed by atoms with Gasteiger partial charge in [-0.15, -0.1) is 0 Å². The molecule has 1 aromatic carbocycles. The third-order valence-corrected chi connectivity index (χ3v) is 6.21. The summed E-state index contributed by atoms with van der Waals surface area (Å²) in [6.45, 7) is 3.57. The number of benzene rings is 1. The molecule has 0 bridgehead atoms. The lowest BCUT2D eigenvalue weighted by molar-refractivity contribution is 0.209. The van der Waals surface area contributed by atoms with Crippen LogP contribution in [0.5, 0.6) is 0 Å². The van der Waals surface area contributed by atoms with Crippen molar-refractivity contribution in [2.75, 3.05) is 20.1 Å². The van der Waals surface area contributed by atoms with Crippen molar-refractivity contribution in [3.05, 3.63) is 72.3 Å². The largest absolute Gasteiger partial charge is 0.354 e. The van der Waals surface area contributed by atoms with Gasteiger partial charge in [0.05, 0.1) is 29.3 Å². The summed E-state index contributed by atoms with van der Waals surface area (Å²) in [6, 6.07) is 18.2. The third-order valence-electron chi connectivity index (χ3n) is 6.21. The molecule has 0 saturated carbocycles. The predicted octanol–water partition coefficient (Wildman–Crippen LogP) is 4.66. The van der Waals surface area contributed by atoms with Crippen molar-refractivity contribution in [3.63, 3.8) is 0 Å². The summed E-state index contributed by atoms with van der Waals surface area (Å²) in [5, 5.41) is 14.3. The predicted molar refractivity (Wildman–Crippen MR) is 125 cm³/mol. The summed E-state index contributed by atoms with van der Waals surface area (Å²) < 4.78 is 5.63. The molecule has 164 valence electrons. The summed E-state index contributed by atoms with van der Waals surface area (Å²) in [6.07, 6.45) is 5.27. The molecule has 1 unspecified atom stereocenters. The fraction of sp³-hybridized carbons (Fsp3) is 0.269. The first-order valence-electron chi connectivity index (χ1n) is 11.0. The van der Waals surface area contributed by atoms with Gasteiger partial charge in [-0.25, -0.2) is 4.98 Å². The number of likely N-dealkylation sites (tertiary alicyclic amines) is 1. The number of hydrogen-bond acceptors (Lipinski definition) is 7. The van der Waals surface area contributed by atoms with Crippen LogP contribution in [-0.2, 0) is 5.41 Å². The van der Waals surface area contributed by atoms with Crippen molar-refractivity contribution >= 4 is 0 Å². The van der Waals surface area contributed by atoms with Crippen LogP contribution in [0.25, 0.3) is 34.0 Å². The van der Waals surface area contributed by atoms with E-state index in [1.807, 2.05) is 62.5 Å². The van der Waals surface area contributed by atoms with Crippen molar-refractivity contribution in [2.45, 2.75) is 25.2 Å². The van der Waals surface area contributed by atoms with Crippen molar-refractivity contribution < 1.29 is 4.52 Å². The Kier molecular flexibility index (Phi) is 5.45. The van der Waals surface area contributed by atoms with E-state index in [1.165, 1.54) is 0 Å². The summed E-state index contributed by atoms with van der Waals surface area (Å²) in [7, 11) is 2.05. The van der Waals surface area contributed by atoms with Crippen LogP contribution in [0.4, 0.5) is 0 Å². The van der Waals surface area contributed by atoms with E-state index in [1.54, 1.807) is 12.4 Å². The third kappa shape index (κ3) is 4.01. The topological polar surface area (TPSA) is 91.7 Å². The van der Waals surface area contributed by atoms with Gasteiger partial charge in [0.1, 0.15) is 16.8 Å². The number of aromatic nitrogens is 4. The van der Waals surface area contributed by atoms with Gasteiger partial charge >= 0.3 is 0 Å². The van der Waals surface area contributed by atoms with E-state index in [9.17, 15) is 5.26 Å². The summed E-state index contributed by atoms with van der Waals surface area (Å²) in [5.41, 5.74) is 4.88. The van der Waals surface area contributed by atoms with Gasteiger partial charge in [0.25, 0.3) is 0 Å². The van der Waals surface area contributed by atoms with Gasteiger partial charge in [0, 0.05) is 29.9 Å². The first-order chi connectivity index (χ1) is 16.1. The lowest BCUT2D eigenvalue weighted by Gasteiger charge is -2.36. The van der Waals surface area contributed by atoms with Crippen LogP contribution < -0.4 is 0 Å². The Morgan fingerprint density at radius 3 is 2.70 bits per heavy atom. The Balaban J connectivity index is 1.51. The molecule has 5 rings (SSSR count). The number of nitriles is 1. The van der Waals surface area contributed by atoms with E-state index in [4.69, 9.17) is 9.51 Å². The minimum absolute atomic E-state index is 0.567. The van der Waals surface area contributed by atoms with E-state index >= 15 is 0 Å². The summed E-state index contributed by atoms with van der Waals surface area (Å²) in [4.78, 5) is 16.2. The van der Waals surface area contributed by atoms with Gasteiger partial charge in [-0.2, -0.15) is 5.26 Å². The number of piperidine rings is 1. The van der Waals surface area contributed by atoms with Crippen LogP contribution in [0.15, 0.2) is 65.4 Å². The zero-order valence-corrected chi connectivity index (χ0v) is 18.7. The molecule has 0 N–H and O–H groups in total. The second-order valence-corrected chi connectivity index (χ2v) is 8.60. The first-order valence-corrected chi connectivity index (χ1v) is 11.0. The highest BCUT2D eigenvalue weighted by Crippen LogP contribution is 2.34. The van der Waals surface area contributed by atoms with Crippen LogP contribution in [-0.4, -0.2) is 45.1 Å². The standard InChI is InChI=1S/C26H24N6O/c1-18-25(23-14-21(31-33-23)19-7-4-3-5-8-19)30-22(15-29-18)20-9-11-28-24(13-20)26(16-27)10-6-12-32(2)17-26/h3-5,7-9,11,13-15H,6,10,12,17H2,1-2H3. The van der Waals surface area contributed by atoms with Gasteiger partial charge in [-0.05, 0) is 45.5 Å². The SMILES string of the molecule is Cc1ncc(-c2ccnc(C3(C#N)CCCN(C)C3)c2)nc1-c1cc(-c2ccccc2)no1. The quantitative estimate of drug-likeness (QED) is 0.459. The molecule has 0 aliphatic carbocycles. The van der Waals surface area contributed by atoms with E-state index in [2.05, 4.69) is 26.1 Å². The maximum atomic E-state index is 10.0. The molecule has 0 spiro atoms. The van der Waals surface area contributed by atoms with E-state index in [-0.39, 0.29) is 0 Å². The number of aryl methyl sites for hydroxylation is 1. The number of pyridine rings is 1. The molecule has 4 heterocycles. The number of hydrogen-bond donors (Lipinski definition) is 0. The Bertz CT molecular complexity index is 1330. The van der Waals surface area contributed by atoms with E-state index in [0.717, 1.165) is 47.6 Å². The molecule has 7 nitrogen and oxygen atoms in total. The number of nitrogens with zero attached hydrogens (tertiary/aromatic N) is 6. The Morgan fingerprint density at radius 1 is 1.06 bits per heavy atom. The molecule has 0 amide bonds. The molecule has 3 aromatic heterocycles. The van der Waals surface area contributed by atoms with E-state index < -0.39 is 5.41 Å². The van der Waals surface area contributed by atoms with Gasteiger partial charge < -0.3 is 9.42 Å². The minimum atomic E-state index is -0.612. The maximum Gasteiger partial charge on any atom is 0.187 e. The molecule has 1 saturated heterocycles. The highest BCUT2D eigenvalue weighted by atomic mass is 16.5. The molecule has 1 aliphatic heterocycles. The van der Waals surface area contributed by atoms with E-state index in [0.29, 0.717) is 23.7 Å². The van der Waals surface area contributed by atoms with Gasteiger partial charge in [0.2, 0.25) is 0 Å². The van der Waals surface area contributed by atoms with Crippen molar-refractivity contribution in [1.82, 2.24) is 25.0 Å². The zero-order valence-electron chi connectivity index (χ0n) is 18.7. The van der Waals surface area contributed by atoms with Crippen LogP contribution in [0.3, 0.4) is 0 Å². The van der Waals surface area contributed by atoms with Crippen LogP contribution in [0.2, 0.25) is 0 Å². The van der Waals surface area contributed by atoms with Gasteiger partial charge in [-0.3, -0.25) is 9.97 Å². The van der Waals surface area contributed by atoms with Gasteiger partial charge in [-0.1, -0.05) is 35.5 Å². The smallest absolute Gasteiger partial charge is 0.187 e. The monoisotopic (exact) mass is 436 g/mol. The van der Waals surface area contributed by atoms with Crippen molar-refractivity contribution in [1.29, 1.82) is 5.26 Å². The minimum Gasteiger partial charge on any atom is -0.354 e. The molecular formula is C26H24N6O. The molecule has 1 fully saturated rings. The highest BCUT2D eigenvalue weighted by Gasteiger charge is 2.37. The normalized spacial score (nSPS) is 18.7. The molecule has 4 aromatic rings. The zero-order chi connectivity index (χ0) is 22.8. The second-order valence-electron chi connectivity index (χ2n) is 8.60. The highest BCUT2D eigenvalue weighted by molar-refractivity contribution is 5.68. The fourth-order valence-electron chi connectivity index (χ4n) is 4.43. The first kappa shape index (κ1) is 21.0. The Labute approximate surface area is 192 Å². The lowest BCUT2D eigenvalue weighted by Crippen LogP contribution is -2.43. The molecule has 33 heavy (non-hydrogen) atoms.